The molecule has 0 saturated heterocycles. The first-order valence-electron chi connectivity index (χ1n) is 7.11. The van der Waals surface area contributed by atoms with Crippen LogP contribution in [0.2, 0.25) is 0 Å². The molecule has 2 aliphatic rings. The summed E-state index contributed by atoms with van der Waals surface area (Å²) in [6.07, 6.45) is 16.3. The number of methoxy groups -OCH3 is 1. The summed E-state index contributed by atoms with van der Waals surface area (Å²) in [4.78, 5) is 0. The van der Waals surface area contributed by atoms with Crippen molar-refractivity contribution in [2.75, 3.05) is 7.11 Å². The van der Waals surface area contributed by atoms with Gasteiger partial charge in [0.1, 0.15) is 0 Å². The van der Waals surface area contributed by atoms with E-state index in [-0.39, 0.29) is 0 Å². The maximum absolute atomic E-state index is 5.12. The Kier molecular flexibility index (Phi) is 4.74. The van der Waals surface area contributed by atoms with Gasteiger partial charge in [-0.15, -0.1) is 0 Å². The summed E-state index contributed by atoms with van der Waals surface area (Å²) in [5.74, 6) is 2.07. The molecule has 0 aromatic carbocycles. The highest BCUT2D eigenvalue weighted by molar-refractivity contribution is 5.02. The summed E-state index contributed by atoms with van der Waals surface area (Å²) in [5.41, 5.74) is 1.53. The zero-order chi connectivity index (χ0) is 11.2. The van der Waals surface area contributed by atoms with Crippen molar-refractivity contribution < 1.29 is 4.74 Å². The van der Waals surface area contributed by atoms with Crippen molar-refractivity contribution in [1.82, 2.24) is 0 Å². The SMILES string of the molecule is COC=C1CCC(C2CCCCCC2)CC1. The van der Waals surface area contributed by atoms with Gasteiger partial charge in [0.15, 0.2) is 0 Å². The zero-order valence-electron chi connectivity index (χ0n) is 10.7. The van der Waals surface area contributed by atoms with Gasteiger partial charge in [-0.05, 0) is 43.1 Å². The highest BCUT2D eigenvalue weighted by Crippen LogP contribution is 2.38. The van der Waals surface area contributed by atoms with Gasteiger partial charge in [-0.25, -0.2) is 0 Å². The van der Waals surface area contributed by atoms with Crippen molar-refractivity contribution in [2.45, 2.75) is 64.2 Å². The standard InChI is InChI=1S/C15H26O/c1-16-12-13-8-10-15(11-9-13)14-6-4-2-3-5-7-14/h12,14-15H,2-11H2,1H3. The molecule has 0 bridgehead atoms. The van der Waals surface area contributed by atoms with Crippen LogP contribution in [0, 0.1) is 11.8 Å². The van der Waals surface area contributed by atoms with E-state index in [9.17, 15) is 0 Å². The molecule has 0 unspecified atom stereocenters. The van der Waals surface area contributed by atoms with Gasteiger partial charge < -0.3 is 4.74 Å². The molecule has 92 valence electrons. The van der Waals surface area contributed by atoms with Gasteiger partial charge in [-0.1, -0.05) is 38.5 Å². The molecule has 0 amide bonds. The Hall–Kier alpha value is -0.460. The molecular formula is C15H26O. The third-order valence-corrected chi connectivity index (χ3v) is 4.52. The van der Waals surface area contributed by atoms with Crippen LogP contribution in [0.1, 0.15) is 64.2 Å². The third-order valence-electron chi connectivity index (χ3n) is 4.52. The maximum Gasteiger partial charge on any atom is 0.0816 e. The first-order valence-corrected chi connectivity index (χ1v) is 7.11. The highest BCUT2D eigenvalue weighted by atomic mass is 16.5. The fraction of sp³-hybridized carbons (Fsp3) is 0.867. The minimum absolute atomic E-state index is 1.02. The van der Waals surface area contributed by atoms with Crippen LogP contribution in [0.25, 0.3) is 0 Å². The van der Waals surface area contributed by atoms with Gasteiger partial charge in [0.05, 0.1) is 13.4 Å². The Morgan fingerprint density at radius 2 is 1.44 bits per heavy atom. The normalized spacial score (nSPS) is 28.6. The minimum Gasteiger partial charge on any atom is -0.504 e. The van der Waals surface area contributed by atoms with Crippen LogP contribution >= 0.6 is 0 Å². The van der Waals surface area contributed by atoms with E-state index in [0.29, 0.717) is 0 Å². The van der Waals surface area contributed by atoms with Crippen LogP contribution in [-0.4, -0.2) is 7.11 Å². The average molecular weight is 222 g/mol. The summed E-state index contributed by atoms with van der Waals surface area (Å²) >= 11 is 0. The fourth-order valence-corrected chi connectivity index (χ4v) is 3.55. The molecule has 0 aliphatic heterocycles. The Morgan fingerprint density at radius 1 is 0.875 bits per heavy atom. The maximum atomic E-state index is 5.12. The lowest BCUT2D eigenvalue weighted by Crippen LogP contribution is -2.18. The van der Waals surface area contributed by atoms with Gasteiger partial charge in [0.25, 0.3) is 0 Å². The van der Waals surface area contributed by atoms with Crippen molar-refractivity contribution in [2.24, 2.45) is 11.8 Å². The van der Waals surface area contributed by atoms with Crippen LogP contribution in [-0.2, 0) is 4.74 Å². The van der Waals surface area contributed by atoms with E-state index in [1.807, 2.05) is 6.26 Å². The van der Waals surface area contributed by atoms with E-state index in [1.54, 1.807) is 7.11 Å². The van der Waals surface area contributed by atoms with Crippen molar-refractivity contribution in [3.05, 3.63) is 11.8 Å². The summed E-state index contributed by atoms with van der Waals surface area (Å²) in [7, 11) is 1.77. The molecule has 0 aromatic heterocycles. The van der Waals surface area contributed by atoms with Crippen molar-refractivity contribution in [3.8, 4) is 0 Å². The second kappa shape index (κ2) is 6.32. The number of ether oxygens (including phenoxy) is 1. The Balaban J connectivity index is 1.81. The Morgan fingerprint density at radius 3 is 2.00 bits per heavy atom. The van der Waals surface area contributed by atoms with Crippen LogP contribution < -0.4 is 0 Å². The Bertz CT molecular complexity index is 214. The van der Waals surface area contributed by atoms with Crippen LogP contribution in [0.5, 0.6) is 0 Å². The predicted molar refractivity (Wildman–Crippen MR) is 68.2 cm³/mol. The van der Waals surface area contributed by atoms with E-state index >= 15 is 0 Å². The van der Waals surface area contributed by atoms with Crippen molar-refractivity contribution in [1.29, 1.82) is 0 Å². The molecule has 2 rings (SSSR count). The largest absolute Gasteiger partial charge is 0.504 e. The monoisotopic (exact) mass is 222 g/mol. The summed E-state index contributed by atoms with van der Waals surface area (Å²) in [6.45, 7) is 0. The van der Waals surface area contributed by atoms with Gasteiger partial charge in [-0.3, -0.25) is 0 Å². The lowest BCUT2D eigenvalue weighted by Gasteiger charge is -2.30. The molecule has 0 aromatic rings. The zero-order valence-corrected chi connectivity index (χ0v) is 10.7. The van der Waals surface area contributed by atoms with Gasteiger partial charge >= 0.3 is 0 Å². The predicted octanol–water partition coefficient (Wildman–Crippen LogP) is 4.68. The van der Waals surface area contributed by atoms with Gasteiger partial charge in [-0.2, -0.15) is 0 Å². The second-order valence-electron chi connectivity index (χ2n) is 5.60. The third kappa shape index (κ3) is 3.26. The second-order valence-corrected chi connectivity index (χ2v) is 5.60. The number of hydrogen-bond donors (Lipinski definition) is 0. The molecule has 0 N–H and O–H groups in total. The van der Waals surface area contributed by atoms with E-state index < -0.39 is 0 Å². The molecule has 2 saturated carbocycles. The molecule has 0 atom stereocenters. The van der Waals surface area contributed by atoms with Crippen LogP contribution in [0.4, 0.5) is 0 Å². The smallest absolute Gasteiger partial charge is 0.0816 e. The van der Waals surface area contributed by atoms with E-state index in [0.717, 1.165) is 11.8 Å². The van der Waals surface area contributed by atoms with E-state index in [1.165, 1.54) is 69.8 Å². The van der Waals surface area contributed by atoms with E-state index in [4.69, 9.17) is 4.74 Å². The van der Waals surface area contributed by atoms with Crippen molar-refractivity contribution >= 4 is 0 Å². The minimum atomic E-state index is 1.02. The van der Waals surface area contributed by atoms with E-state index in [2.05, 4.69) is 0 Å². The number of allylic oxidation sites excluding steroid dienone is 1. The molecule has 2 aliphatic carbocycles. The molecule has 2 fully saturated rings. The summed E-state index contributed by atoms with van der Waals surface area (Å²) in [5, 5.41) is 0. The lowest BCUT2D eigenvalue weighted by molar-refractivity contribution is 0.242. The first kappa shape index (κ1) is 12.0. The molecule has 0 spiro atoms. The first-order chi connectivity index (χ1) is 7.90. The van der Waals surface area contributed by atoms with Crippen molar-refractivity contribution in [3.63, 3.8) is 0 Å². The topological polar surface area (TPSA) is 9.23 Å². The average Bonchev–Trinajstić information content (AvgIpc) is 2.59. The molecule has 1 heteroatoms. The van der Waals surface area contributed by atoms with Gasteiger partial charge in [0, 0.05) is 0 Å². The summed E-state index contributed by atoms with van der Waals surface area (Å²) in [6, 6.07) is 0. The molecule has 0 heterocycles. The Labute approximate surface area is 100 Å². The summed E-state index contributed by atoms with van der Waals surface area (Å²) < 4.78 is 5.12. The van der Waals surface area contributed by atoms with Gasteiger partial charge in [0.2, 0.25) is 0 Å². The fourth-order valence-electron chi connectivity index (χ4n) is 3.55. The molecule has 0 radical (unpaired) electrons. The number of hydrogen-bond acceptors (Lipinski definition) is 1. The van der Waals surface area contributed by atoms with Crippen LogP contribution in [0.15, 0.2) is 11.8 Å². The molecule has 16 heavy (non-hydrogen) atoms. The number of rotatable bonds is 2. The molecule has 1 nitrogen and oxygen atoms in total. The quantitative estimate of drug-likeness (QED) is 0.487. The lowest BCUT2D eigenvalue weighted by atomic mass is 9.75. The van der Waals surface area contributed by atoms with Crippen LogP contribution in [0.3, 0.4) is 0 Å². The molecular weight excluding hydrogens is 196 g/mol. The highest BCUT2D eigenvalue weighted by Gasteiger charge is 2.25.